The van der Waals surface area contributed by atoms with E-state index < -0.39 is 28.7 Å². The predicted molar refractivity (Wildman–Crippen MR) is 101 cm³/mol. The first kappa shape index (κ1) is 22.4. The number of aromatic nitrogens is 1. The number of amides is 3. The van der Waals surface area contributed by atoms with E-state index >= 15 is 0 Å². The van der Waals surface area contributed by atoms with Crippen molar-refractivity contribution in [2.45, 2.75) is 57.4 Å². The number of carbonyl (C=O) groups excluding carboxylic acids is 3. The number of pyridine rings is 1. The summed E-state index contributed by atoms with van der Waals surface area (Å²) in [4.78, 5) is 40.2. The maximum Gasteiger partial charge on any atom is 0.340 e. The van der Waals surface area contributed by atoms with Crippen molar-refractivity contribution in [3.8, 4) is 6.07 Å². The van der Waals surface area contributed by atoms with E-state index in [4.69, 9.17) is 4.74 Å². The van der Waals surface area contributed by atoms with Gasteiger partial charge in [0.2, 0.25) is 5.91 Å². The summed E-state index contributed by atoms with van der Waals surface area (Å²) >= 11 is 1.03. The van der Waals surface area contributed by atoms with Gasteiger partial charge in [0.15, 0.2) is 0 Å². The molecule has 0 aliphatic rings. The van der Waals surface area contributed by atoms with Gasteiger partial charge in [-0.1, -0.05) is 11.8 Å². The van der Waals surface area contributed by atoms with E-state index in [2.05, 4.69) is 15.6 Å². The minimum Gasteiger partial charge on any atom is -0.462 e. The molecule has 9 heteroatoms. The van der Waals surface area contributed by atoms with E-state index in [-0.39, 0.29) is 17.7 Å². The second-order valence-corrected chi connectivity index (χ2v) is 8.09. The van der Waals surface area contributed by atoms with Gasteiger partial charge in [0.1, 0.15) is 11.1 Å². The fourth-order valence-corrected chi connectivity index (χ4v) is 2.90. The summed E-state index contributed by atoms with van der Waals surface area (Å²) in [6.45, 7) is 10.5. The topological polar surface area (TPSA) is 121 Å². The summed E-state index contributed by atoms with van der Waals surface area (Å²) in [5.41, 5.74) is 0.288. The highest BCUT2D eigenvalue weighted by Crippen LogP contribution is 2.27. The number of nitrogens with zero attached hydrogens (tertiary/aromatic N) is 2. The standard InChI is InChI=1S/C18H24N4O4S/c1-7-26-16(24)13-8-12(9-19)15(20-10(13)2)27-11(3)14(23)21-17(25)22-18(4,5)6/h8,11H,7H2,1-6H3,(H2,21,22,23,25)/t11-/m1/s1. The molecular formula is C18H24N4O4S. The van der Waals surface area contributed by atoms with Gasteiger partial charge in [0.25, 0.3) is 0 Å². The van der Waals surface area contributed by atoms with E-state index in [0.29, 0.717) is 10.7 Å². The molecule has 27 heavy (non-hydrogen) atoms. The molecule has 0 aliphatic carbocycles. The first-order chi connectivity index (χ1) is 12.5. The number of esters is 1. The maximum atomic E-state index is 12.2. The van der Waals surface area contributed by atoms with E-state index in [1.165, 1.54) is 6.07 Å². The van der Waals surface area contributed by atoms with Crippen LogP contribution in [-0.4, -0.2) is 40.3 Å². The van der Waals surface area contributed by atoms with Crippen LogP contribution in [0.1, 0.15) is 56.2 Å². The minimum absolute atomic E-state index is 0.160. The average molecular weight is 392 g/mol. The first-order valence-corrected chi connectivity index (χ1v) is 9.25. The van der Waals surface area contributed by atoms with Crippen molar-refractivity contribution in [3.05, 3.63) is 22.9 Å². The number of urea groups is 1. The minimum atomic E-state index is -0.678. The molecule has 0 radical (unpaired) electrons. The van der Waals surface area contributed by atoms with Crippen LogP contribution < -0.4 is 10.6 Å². The molecule has 1 aromatic heterocycles. The van der Waals surface area contributed by atoms with Crippen LogP contribution in [-0.2, 0) is 9.53 Å². The molecule has 2 N–H and O–H groups in total. The molecule has 0 saturated carbocycles. The van der Waals surface area contributed by atoms with Crippen molar-refractivity contribution >= 4 is 29.7 Å². The lowest BCUT2D eigenvalue weighted by Gasteiger charge is -2.21. The Bertz CT molecular complexity index is 781. The van der Waals surface area contributed by atoms with E-state index in [1.807, 2.05) is 6.07 Å². The normalized spacial score (nSPS) is 11.9. The smallest absolute Gasteiger partial charge is 0.340 e. The number of nitriles is 1. The van der Waals surface area contributed by atoms with Crippen LogP contribution in [0.4, 0.5) is 4.79 Å². The summed E-state index contributed by atoms with van der Waals surface area (Å²) < 4.78 is 4.95. The van der Waals surface area contributed by atoms with Crippen LogP contribution in [0.3, 0.4) is 0 Å². The molecule has 3 amide bonds. The summed E-state index contributed by atoms with van der Waals surface area (Å²) in [5.74, 6) is -1.07. The van der Waals surface area contributed by atoms with Crippen LogP contribution in [0.2, 0.25) is 0 Å². The lowest BCUT2D eigenvalue weighted by atomic mass is 10.1. The van der Waals surface area contributed by atoms with Gasteiger partial charge in [-0.2, -0.15) is 5.26 Å². The van der Waals surface area contributed by atoms with Gasteiger partial charge < -0.3 is 10.1 Å². The highest BCUT2D eigenvalue weighted by Gasteiger charge is 2.23. The molecule has 0 aliphatic heterocycles. The van der Waals surface area contributed by atoms with Gasteiger partial charge in [-0.15, -0.1) is 0 Å². The summed E-state index contributed by atoms with van der Waals surface area (Å²) in [5, 5.41) is 13.9. The Kier molecular flexibility index (Phi) is 7.79. The van der Waals surface area contributed by atoms with E-state index in [0.717, 1.165) is 11.8 Å². The fraction of sp³-hybridized carbons (Fsp3) is 0.500. The SMILES string of the molecule is CCOC(=O)c1cc(C#N)c(S[C@H](C)C(=O)NC(=O)NC(C)(C)C)nc1C. The van der Waals surface area contributed by atoms with Gasteiger partial charge in [-0.05, 0) is 47.6 Å². The lowest BCUT2D eigenvalue weighted by molar-refractivity contribution is -0.119. The molecular weight excluding hydrogens is 368 g/mol. The third kappa shape index (κ3) is 6.90. The number of imide groups is 1. The highest BCUT2D eigenvalue weighted by molar-refractivity contribution is 8.00. The monoisotopic (exact) mass is 392 g/mol. The Hall–Kier alpha value is -2.60. The molecule has 1 atom stereocenters. The molecule has 0 aromatic carbocycles. The zero-order valence-electron chi connectivity index (χ0n) is 16.3. The molecule has 1 rings (SSSR count). The number of hydrogen-bond acceptors (Lipinski definition) is 7. The number of rotatable bonds is 5. The number of hydrogen-bond donors (Lipinski definition) is 2. The van der Waals surface area contributed by atoms with Gasteiger partial charge in [0.05, 0.1) is 28.7 Å². The van der Waals surface area contributed by atoms with E-state index in [1.54, 1.807) is 41.5 Å². The summed E-state index contributed by atoms with van der Waals surface area (Å²) in [6.07, 6.45) is 0. The molecule has 8 nitrogen and oxygen atoms in total. The Labute approximate surface area is 163 Å². The molecule has 0 spiro atoms. The summed E-state index contributed by atoms with van der Waals surface area (Å²) in [7, 11) is 0. The van der Waals surface area contributed by atoms with Gasteiger partial charge in [-0.25, -0.2) is 14.6 Å². The summed E-state index contributed by atoms with van der Waals surface area (Å²) in [6, 6.07) is 2.78. The Balaban J connectivity index is 2.93. The molecule has 1 aromatic rings. The Morgan fingerprint density at radius 2 is 2.00 bits per heavy atom. The van der Waals surface area contributed by atoms with Crippen LogP contribution in [0.15, 0.2) is 11.1 Å². The Morgan fingerprint density at radius 1 is 1.37 bits per heavy atom. The molecule has 1 heterocycles. The quantitative estimate of drug-likeness (QED) is 0.583. The third-order valence-electron chi connectivity index (χ3n) is 3.18. The highest BCUT2D eigenvalue weighted by atomic mass is 32.2. The van der Waals surface area contributed by atoms with Crippen molar-refractivity contribution in [1.82, 2.24) is 15.6 Å². The van der Waals surface area contributed by atoms with E-state index in [9.17, 15) is 19.6 Å². The number of carbonyl (C=O) groups is 3. The third-order valence-corrected chi connectivity index (χ3v) is 4.28. The van der Waals surface area contributed by atoms with Gasteiger partial charge in [-0.3, -0.25) is 10.1 Å². The average Bonchev–Trinajstić information content (AvgIpc) is 2.53. The molecule has 0 bridgehead atoms. The van der Waals surface area contributed by atoms with Crippen molar-refractivity contribution < 1.29 is 19.1 Å². The van der Waals surface area contributed by atoms with Crippen molar-refractivity contribution in [2.75, 3.05) is 6.61 Å². The number of aryl methyl sites for hydroxylation is 1. The zero-order chi connectivity index (χ0) is 20.8. The van der Waals surface area contributed by atoms with Crippen LogP contribution in [0, 0.1) is 18.3 Å². The predicted octanol–water partition coefficient (Wildman–Crippen LogP) is 2.54. The first-order valence-electron chi connectivity index (χ1n) is 8.37. The molecule has 0 saturated heterocycles. The zero-order valence-corrected chi connectivity index (χ0v) is 17.1. The molecule has 146 valence electrons. The number of nitrogens with one attached hydrogen (secondary N) is 2. The second-order valence-electron chi connectivity index (χ2n) is 6.76. The van der Waals surface area contributed by atoms with Crippen LogP contribution in [0.25, 0.3) is 0 Å². The van der Waals surface area contributed by atoms with Crippen LogP contribution >= 0.6 is 11.8 Å². The molecule has 0 fully saturated rings. The van der Waals surface area contributed by atoms with Crippen LogP contribution in [0.5, 0.6) is 0 Å². The van der Waals surface area contributed by atoms with Crippen molar-refractivity contribution in [2.24, 2.45) is 0 Å². The van der Waals surface area contributed by atoms with Crippen molar-refractivity contribution in [3.63, 3.8) is 0 Å². The van der Waals surface area contributed by atoms with Gasteiger partial charge >= 0.3 is 12.0 Å². The Morgan fingerprint density at radius 3 is 2.52 bits per heavy atom. The maximum absolute atomic E-state index is 12.2. The number of thioether (sulfide) groups is 1. The largest absolute Gasteiger partial charge is 0.462 e. The lowest BCUT2D eigenvalue weighted by Crippen LogP contribution is -2.49. The number of ether oxygens (including phenoxy) is 1. The van der Waals surface area contributed by atoms with Gasteiger partial charge in [0, 0.05) is 5.54 Å². The molecule has 0 unspecified atom stereocenters. The second kappa shape index (κ2) is 9.37. The van der Waals surface area contributed by atoms with Crippen molar-refractivity contribution in [1.29, 1.82) is 5.26 Å². The fourth-order valence-electron chi connectivity index (χ4n) is 1.98.